The van der Waals surface area contributed by atoms with Crippen LogP contribution in [0.1, 0.15) is 38.9 Å². The first-order valence-electron chi connectivity index (χ1n) is 7.84. The molecule has 1 aromatic carbocycles. The van der Waals surface area contributed by atoms with Crippen molar-refractivity contribution >= 4 is 17.5 Å². The summed E-state index contributed by atoms with van der Waals surface area (Å²) < 4.78 is 5.06. The van der Waals surface area contributed by atoms with Crippen LogP contribution in [0.3, 0.4) is 0 Å². The van der Waals surface area contributed by atoms with Crippen LogP contribution in [0.2, 0.25) is 0 Å². The number of nitrogens with one attached hydrogen (secondary N) is 2. The van der Waals surface area contributed by atoms with Gasteiger partial charge < -0.3 is 25.6 Å². The van der Waals surface area contributed by atoms with Gasteiger partial charge in [-0.3, -0.25) is 10.1 Å². The normalized spacial score (nSPS) is 13.7. The molecule has 140 valence electrons. The van der Waals surface area contributed by atoms with Gasteiger partial charge in [-0.2, -0.15) is 0 Å². The monoisotopic (exact) mass is 355 g/mol. The Morgan fingerprint density at radius 2 is 2.00 bits per heavy atom. The molecular weight excluding hydrogens is 330 g/mol. The van der Waals surface area contributed by atoms with Gasteiger partial charge >= 0.3 is 6.09 Å². The van der Waals surface area contributed by atoms with E-state index in [1.807, 2.05) is 0 Å². The predicted octanol–water partition coefficient (Wildman–Crippen LogP) is 1.95. The number of ether oxygens (including phenoxy) is 1. The van der Waals surface area contributed by atoms with E-state index in [0.717, 1.165) is 0 Å². The van der Waals surface area contributed by atoms with Gasteiger partial charge in [0, 0.05) is 19.7 Å². The average Bonchev–Trinajstić information content (AvgIpc) is 2.51. The van der Waals surface area contributed by atoms with E-state index in [1.54, 1.807) is 27.8 Å². The first kappa shape index (κ1) is 20.7. The average molecular weight is 355 g/mol. The molecule has 1 rings (SSSR count). The van der Waals surface area contributed by atoms with Gasteiger partial charge in [0.2, 0.25) is 0 Å². The van der Waals surface area contributed by atoms with Crippen molar-refractivity contribution in [2.45, 2.75) is 45.0 Å². The van der Waals surface area contributed by atoms with Gasteiger partial charge in [-0.15, -0.1) is 0 Å². The van der Waals surface area contributed by atoms with Crippen molar-refractivity contribution in [1.82, 2.24) is 5.32 Å². The molecule has 2 atom stereocenters. The van der Waals surface area contributed by atoms with Crippen molar-refractivity contribution in [2.24, 2.45) is 0 Å². The predicted molar refractivity (Wildman–Crippen MR) is 92.5 cm³/mol. The molecule has 0 aromatic heterocycles. The number of nitro groups is 1. The number of aliphatic hydroxyl groups excluding tert-OH is 2. The SMILES string of the molecule is CNc1ccc(C(O)C(O)CCNC(=O)OC(C)(C)C)cc1[N+](=O)[O-]. The molecule has 1 amide bonds. The van der Waals surface area contributed by atoms with Crippen molar-refractivity contribution in [2.75, 3.05) is 18.9 Å². The zero-order valence-electron chi connectivity index (χ0n) is 14.8. The van der Waals surface area contributed by atoms with Crippen LogP contribution >= 0.6 is 0 Å². The summed E-state index contributed by atoms with van der Waals surface area (Å²) in [5, 5.41) is 36.4. The van der Waals surface area contributed by atoms with Crippen LogP contribution in [0, 0.1) is 10.1 Å². The van der Waals surface area contributed by atoms with E-state index < -0.39 is 28.8 Å². The Labute approximate surface area is 146 Å². The number of rotatable bonds is 7. The minimum absolute atomic E-state index is 0.0575. The molecule has 0 saturated heterocycles. The molecule has 4 N–H and O–H groups in total. The maximum atomic E-state index is 11.5. The quantitative estimate of drug-likeness (QED) is 0.434. The molecule has 1 aromatic rings. The molecule has 0 saturated carbocycles. The zero-order valence-corrected chi connectivity index (χ0v) is 14.8. The summed E-state index contributed by atoms with van der Waals surface area (Å²) in [6, 6.07) is 4.16. The van der Waals surface area contributed by atoms with E-state index in [9.17, 15) is 25.1 Å². The standard InChI is InChI=1S/C16H25N3O6/c1-16(2,3)25-15(22)18-8-7-13(20)14(21)10-5-6-11(17-4)12(9-10)19(23)24/h5-6,9,13-14,17,20-21H,7-8H2,1-4H3,(H,18,22). The summed E-state index contributed by atoms with van der Waals surface area (Å²) in [6.07, 6.45) is -3.08. The number of alkyl carbamates (subject to hydrolysis) is 1. The number of carbonyl (C=O) groups excluding carboxylic acids is 1. The lowest BCUT2D eigenvalue weighted by molar-refractivity contribution is -0.384. The molecule has 9 heteroatoms. The third-order valence-electron chi connectivity index (χ3n) is 3.30. The van der Waals surface area contributed by atoms with Gasteiger partial charge in [-0.05, 0) is 38.8 Å². The molecule has 25 heavy (non-hydrogen) atoms. The molecule has 0 fully saturated rings. The molecule has 0 aliphatic carbocycles. The van der Waals surface area contributed by atoms with Crippen molar-refractivity contribution in [3.8, 4) is 0 Å². The molecule has 0 radical (unpaired) electrons. The van der Waals surface area contributed by atoms with E-state index in [1.165, 1.54) is 18.2 Å². The lowest BCUT2D eigenvalue weighted by Gasteiger charge is -2.21. The highest BCUT2D eigenvalue weighted by Gasteiger charge is 2.23. The highest BCUT2D eigenvalue weighted by molar-refractivity contribution is 5.67. The Kier molecular flexibility index (Phi) is 7.13. The van der Waals surface area contributed by atoms with Crippen LogP contribution in [0.5, 0.6) is 0 Å². The van der Waals surface area contributed by atoms with Gasteiger partial charge in [0.05, 0.1) is 11.0 Å². The van der Waals surface area contributed by atoms with E-state index in [4.69, 9.17) is 4.74 Å². The summed E-state index contributed by atoms with van der Waals surface area (Å²) in [7, 11) is 1.55. The second-order valence-corrected chi connectivity index (χ2v) is 6.51. The van der Waals surface area contributed by atoms with E-state index in [0.29, 0.717) is 5.69 Å². The number of amides is 1. The Hall–Kier alpha value is -2.39. The zero-order chi connectivity index (χ0) is 19.2. The number of aliphatic hydroxyl groups is 2. The Balaban J connectivity index is 2.64. The molecule has 0 aliphatic heterocycles. The summed E-state index contributed by atoms with van der Waals surface area (Å²) in [5.74, 6) is 0. The second kappa shape index (κ2) is 8.63. The molecule has 0 bridgehead atoms. The summed E-state index contributed by atoms with van der Waals surface area (Å²) >= 11 is 0. The third kappa shape index (κ3) is 6.55. The maximum absolute atomic E-state index is 11.5. The van der Waals surface area contributed by atoms with Crippen LogP contribution in [0.25, 0.3) is 0 Å². The van der Waals surface area contributed by atoms with Crippen LogP contribution in [-0.2, 0) is 4.74 Å². The van der Waals surface area contributed by atoms with Crippen LogP contribution in [-0.4, -0.2) is 46.5 Å². The Morgan fingerprint density at radius 1 is 1.36 bits per heavy atom. The van der Waals surface area contributed by atoms with Gasteiger partial charge in [0.1, 0.15) is 17.4 Å². The van der Waals surface area contributed by atoms with Crippen molar-refractivity contribution in [1.29, 1.82) is 0 Å². The fourth-order valence-electron chi connectivity index (χ4n) is 2.11. The van der Waals surface area contributed by atoms with Gasteiger partial charge in [0.25, 0.3) is 5.69 Å². The Morgan fingerprint density at radius 3 is 2.52 bits per heavy atom. The molecular formula is C16H25N3O6. The molecule has 0 spiro atoms. The largest absolute Gasteiger partial charge is 0.444 e. The van der Waals surface area contributed by atoms with Crippen molar-refractivity contribution < 1.29 is 24.7 Å². The highest BCUT2D eigenvalue weighted by atomic mass is 16.6. The van der Waals surface area contributed by atoms with Crippen LogP contribution < -0.4 is 10.6 Å². The fourth-order valence-corrected chi connectivity index (χ4v) is 2.11. The molecule has 0 aliphatic rings. The number of nitro benzene ring substituents is 1. The molecule has 9 nitrogen and oxygen atoms in total. The number of nitrogens with zero attached hydrogens (tertiary/aromatic N) is 1. The number of hydrogen-bond donors (Lipinski definition) is 4. The van der Waals surface area contributed by atoms with E-state index in [-0.39, 0.29) is 24.2 Å². The number of anilines is 1. The number of carbonyl (C=O) groups is 1. The van der Waals surface area contributed by atoms with Crippen molar-refractivity contribution in [3.05, 3.63) is 33.9 Å². The maximum Gasteiger partial charge on any atom is 0.407 e. The second-order valence-electron chi connectivity index (χ2n) is 6.51. The lowest BCUT2D eigenvalue weighted by Crippen LogP contribution is -2.34. The molecule has 0 heterocycles. The van der Waals surface area contributed by atoms with Gasteiger partial charge in [0.15, 0.2) is 0 Å². The van der Waals surface area contributed by atoms with Gasteiger partial charge in [-0.25, -0.2) is 4.79 Å². The number of hydrogen-bond acceptors (Lipinski definition) is 7. The first-order valence-corrected chi connectivity index (χ1v) is 7.84. The summed E-state index contributed by atoms with van der Waals surface area (Å²) in [6.45, 7) is 5.27. The molecule has 2 unspecified atom stereocenters. The topological polar surface area (TPSA) is 134 Å². The first-order chi connectivity index (χ1) is 11.5. The Bertz CT molecular complexity index is 614. The fraction of sp³-hybridized carbons (Fsp3) is 0.562. The summed E-state index contributed by atoms with van der Waals surface area (Å²) in [4.78, 5) is 22.0. The van der Waals surface area contributed by atoms with Crippen LogP contribution in [0.15, 0.2) is 18.2 Å². The minimum atomic E-state index is -1.31. The van der Waals surface area contributed by atoms with Crippen LogP contribution in [0.4, 0.5) is 16.2 Å². The minimum Gasteiger partial charge on any atom is -0.444 e. The van der Waals surface area contributed by atoms with Crippen molar-refractivity contribution in [3.63, 3.8) is 0 Å². The van der Waals surface area contributed by atoms with E-state index in [2.05, 4.69) is 10.6 Å². The summed E-state index contributed by atoms with van der Waals surface area (Å²) in [5.41, 5.74) is -0.299. The third-order valence-corrected chi connectivity index (χ3v) is 3.30. The van der Waals surface area contributed by atoms with E-state index >= 15 is 0 Å². The highest BCUT2D eigenvalue weighted by Crippen LogP contribution is 2.29. The van der Waals surface area contributed by atoms with Gasteiger partial charge in [-0.1, -0.05) is 6.07 Å². The number of benzene rings is 1. The lowest BCUT2D eigenvalue weighted by atomic mass is 10.0. The smallest absolute Gasteiger partial charge is 0.407 e.